The number of aromatic nitrogens is 5. The molecule has 0 saturated carbocycles. The normalized spacial score (nSPS) is 17.2. The van der Waals surface area contributed by atoms with Crippen LogP contribution in [0.25, 0.3) is 5.65 Å². The van der Waals surface area contributed by atoms with Crippen LogP contribution in [-0.2, 0) is 0 Å². The summed E-state index contributed by atoms with van der Waals surface area (Å²) in [6, 6.07) is 0. The summed E-state index contributed by atoms with van der Waals surface area (Å²) in [7, 11) is 0. The van der Waals surface area contributed by atoms with Gasteiger partial charge in [-0.05, 0) is 29.9 Å². The molecule has 0 aliphatic carbocycles. The lowest BCUT2D eigenvalue weighted by Gasteiger charge is -2.35. The Hall–Kier alpha value is -1.80. The molecular weight excluding hydrogens is 244 g/mol. The minimum absolute atomic E-state index is 0.683. The number of rotatable bonds is 4. The Morgan fingerprint density at radius 1 is 1.16 bits per heavy atom. The predicted octanol–water partition coefficient (Wildman–Crippen LogP) is -1.01. The highest BCUT2D eigenvalue weighted by Gasteiger charge is 2.19. The number of piperazine rings is 1. The third-order valence-corrected chi connectivity index (χ3v) is 3.47. The van der Waals surface area contributed by atoms with Crippen molar-refractivity contribution in [3.05, 3.63) is 12.4 Å². The van der Waals surface area contributed by atoms with Crippen molar-refractivity contribution < 1.29 is 0 Å². The molecule has 102 valence electrons. The van der Waals surface area contributed by atoms with Gasteiger partial charge < -0.3 is 10.6 Å². The molecule has 0 radical (unpaired) electrons. The third kappa shape index (κ3) is 2.49. The molecule has 1 saturated heterocycles. The second-order valence-corrected chi connectivity index (χ2v) is 4.69. The number of tetrazole rings is 1. The Labute approximate surface area is 111 Å². The van der Waals surface area contributed by atoms with Crippen LogP contribution >= 0.6 is 0 Å². The molecule has 0 spiro atoms. The summed E-state index contributed by atoms with van der Waals surface area (Å²) < 4.78 is 1.74. The van der Waals surface area contributed by atoms with Gasteiger partial charge in [-0.25, -0.2) is 0 Å². The van der Waals surface area contributed by atoms with Crippen molar-refractivity contribution in [3.63, 3.8) is 0 Å². The average molecular weight is 262 g/mol. The van der Waals surface area contributed by atoms with Gasteiger partial charge in [-0.3, -0.25) is 9.88 Å². The number of fused-ring (bicyclic) bond motifs is 1. The van der Waals surface area contributed by atoms with E-state index in [4.69, 9.17) is 5.73 Å². The highest BCUT2D eigenvalue weighted by Crippen LogP contribution is 2.15. The van der Waals surface area contributed by atoms with Crippen LogP contribution in [0.5, 0.6) is 0 Å². The summed E-state index contributed by atoms with van der Waals surface area (Å²) in [6.07, 6.45) is 4.55. The molecule has 3 rings (SSSR count). The lowest BCUT2D eigenvalue weighted by atomic mass is 10.3. The van der Waals surface area contributed by atoms with Gasteiger partial charge >= 0.3 is 0 Å². The van der Waals surface area contributed by atoms with E-state index < -0.39 is 0 Å². The lowest BCUT2D eigenvalue weighted by molar-refractivity contribution is 0.255. The van der Waals surface area contributed by atoms with E-state index in [2.05, 4.69) is 30.3 Å². The molecule has 1 aliphatic heterocycles. The van der Waals surface area contributed by atoms with Gasteiger partial charge in [-0.1, -0.05) is 0 Å². The van der Waals surface area contributed by atoms with Crippen LogP contribution in [0.3, 0.4) is 0 Å². The van der Waals surface area contributed by atoms with Gasteiger partial charge in [0, 0.05) is 26.2 Å². The summed E-state index contributed by atoms with van der Waals surface area (Å²) in [4.78, 5) is 8.91. The number of hydrogen-bond acceptors (Lipinski definition) is 7. The van der Waals surface area contributed by atoms with E-state index in [1.807, 2.05) is 6.20 Å². The van der Waals surface area contributed by atoms with Crippen LogP contribution in [-0.4, -0.2) is 69.2 Å². The second-order valence-electron chi connectivity index (χ2n) is 4.69. The first-order valence-electron chi connectivity index (χ1n) is 6.58. The Bertz CT molecular complexity index is 530. The monoisotopic (exact) mass is 262 g/mol. The van der Waals surface area contributed by atoms with Gasteiger partial charge in [-0.2, -0.15) is 4.52 Å². The standard InChI is InChI=1S/C11H18N8/c12-2-1-3-17-4-6-18(7-5-17)11-9-13-8-10-14-15-16-19(10)11/h8-9H,1-7,12H2. The molecule has 2 aromatic rings. The molecule has 0 aromatic carbocycles. The van der Waals surface area contributed by atoms with Crippen molar-refractivity contribution in [1.29, 1.82) is 0 Å². The maximum Gasteiger partial charge on any atom is 0.199 e. The van der Waals surface area contributed by atoms with Crippen molar-refractivity contribution >= 4 is 11.5 Å². The fourth-order valence-electron chi connectivity index (χ4n) is 2.39. The number of nitrogens with zero attached hydrogens (tertiary/aromatic N) is 7. The number of nitrogens with two attached hydrogens (primary N) is 1. The Morgan fingerprint density at radius 3 is 2.79 bits per heavy atom. The zero-order valence-corrected chi connectivity index (χ0v) is 10.8. The zero-order valence-electron chi connectivity index (χ0n) is 10.8. The molecule has 8 nitrogen and oxygen atoms in total. The topological polar surface area (TPSA) is 88.5 Å². The lowest BCUT2D eigenvalue weighted by Crippen LogP contribution is -2.47. The highest BCUT2D eigenvalue weighted by atomic mass is 15.5. The first-order chi connectivity index (χ1) is 9.38. The highest BCUT2D eigenvalue weighted by molar-refractivity contribution is 5.46. The molecule has 0 amide bonds. The van der Waals surface area contributed by atoms with E-state index >= 15 is 0 Å². The molecule has 8 heteroatoms. The predicted molar refractivity (Wildman–Crippen MR) is 70.9 cm³/mol. The largest absolute Gasteiger partial charge is 0.353 e. The number of anilines is 1. The van der Waals surface area contributed by atoms with E-state index in [1.165, 1.54) is 0 Å². The van der Waals surface area contributed by atoms with Crippen molar-refractivity contribution in [2.45, 2.75) is 6.42 Å². The summed E-state index contributed by atoms with van der Waals surface area (Å²) in [6.45, 7) is 5.85. The Kier molecular flexibility index (Phi) is 3.51. The van der Waals surface area contributed by atoms with Crippen LogP contribution < -0.4 is 10.6 Å². The van der Waals surface area contributed by atoms with Crippen LogP contribution in [0.1, 0.15) is 6.42 Å². The fourth-order valence-corrected chi connectivity index (χ4v) is 2.39. The SMILES string of the molecule is NCCCN1CCN(c2cncc3nnnn23)CC1. The van der Waals surface area contributed by atoms with Crippen molar-refractivity contribution in [2.24, 2.45) is 5.73 Å². The van der Waals surface area contributed by atoms with E-state index in [0.717, 1.165) is 51.5 Å². The molecular formula is C11H18N8. The van der Waals surface area contributed by atoms with Gasteiger partial charge in [0.2, 0.25) is 0 Å². The van der Waals surface area contributed by atoms with Crippen molar-refractivity contribution in [1.82, 2.24) is 29.9 Å². The molecule has 3 heterocycles. The second kappa shape index (κ2) is 5.45. The summed E-state index contributed by atoms with van der Waals surface area (Å²) in [5.74, 6) is 0.959. The fraction of sp³-hybridized carbons (Fsp3) is 0.636. The third-order valence-electron chi connectivity index (χ3n) is 3.47. The molecule has 0 bridgehead atoms. The number of hydrogen-bond donors (Lipinski definition) is 1. The minimum atomic E-state index is 0.683. The molecule has 19 heavy (non-hydrogen) atoms. The molecule has 1 aliphatic rings. The molecule has 0 unspecified atom stereocenters. The van der Waals surface area contributed by atoms with Gasteiger partial charge in [0.05, 0.1) is 12.4 Å². The van der Waals surface area contributed by atoms with Crippen LogP contribution in [0.4, 0.5) is 5.82 Å². The van der Waals surface area contributed by atoms with Crippen molar-refractivity contribution in [3.8, 4) is 0 Å². The van der Waals surface area contributed by atoms with E-state index in [0.29, 0.717) is 5.65 Å². The van der Waals surface area contributed by atoms with E-state index in [1.54, 1.807) is 10.7 Å². The Morgan fingerprint density at radius 2 is 2.00 bits per heavy atom. The zero-order chi connectivity index (χ0) is 13.1. The van der Waals surface area contributed by atoms with Gasteiger partial charge in [0.1, 0.15) is 0 Å². The minimum Gasteiger partial charge on any atom is -0.353 e. The molecule has 2 aromatic heterocycles. The molecule has 2 N–H and O–H groups in total. The van der Waals surface area contributed by atoms with Gasteiger partial charge in [-0.15, -0.1) is 5.10 Å². The Balaban J connectivity index is 1.69. The first-order valence-corrected chi connectivity index (χ1v) is 6.58. The molecule has 0 atom stereocenters. The molecule has 1 fully saturated rings. The summed E-state index contributed by atoms with van der Waals surface area (Å²) in [5, 5.41) is 11.6. The van der Waals surface area contributed by atoms with Crippen LogP contribution in [0.2, 0.25) is 0 Å². The van der Waals surface area contributed by atoms with Crippen LogP contribution in [0.15, 0.2) is 12.4 Å². The summed E-state index contributed by atoms with van der Waals surface area (Å²) >= 11 is 0. The first kappa shape index (κ1) is 12.2. The quantitative estimate of drug-likeness (QED) is 0.755. The van der Waals surface area contributed by atoms with E-state index in [9.17, 15) is 0 Å². The maximum absolute atomic E-state index is 5.54. The van der Waals surface area contributed by atoms with Gasteiger partial charge in [0.15, 0.2) is 11.5 Å². The maximum atomic E-state index is 5.54. The average Bonchev–Trinajstić information content (AvgIpc) is 2.94. The van der Waals surface area contributed by atoms with Crippen molar-refractivity contribution in [2.75, 3.05) is 44.2 Å². The summed E-state index contributed by atoms with van der Waals surface area (Å²) in [5.41, 5.74) is 6.23. The smallest absolute Gasteiger partial charge is 0.199 e. The van der Waals surface area contributed by atoms with Crippen LogP contribution in [0, 0.1) is 0 Å². The van der Waals surface area contributed by atoms with E-state index in [-0.39, 0.29) is 0 Å². The van der Waals surface area contributed by atoms with Gasteiger partial charge in [0.25, 0.3) is 0 Å².